The predicted octanol–water partition coefficient (Wildman–Crippen LogP) is 2.66. The third-order valence-electron chi connectivity index (χ3n) is 2.85. The Morgan fingerprint density at radius 1 is 1.33 bits per heavy atom. The molecule has 0 spiro atoms. The van der Waals surface area contributed by atoms with Crippen LogP contribution in [0.2, 0.25) is 0 Å². The fraction of sp³-hybridized carbons (Fsp3) is 0.538. The van der Waals surface area contributed by atoms with Crippen LogP contribution in [0.15, 0.2) is 18.2 Å². The molecule has 1 aromatic rings. The van der Waals surface area contributed by atoms with E-state index in [-0.39, 0.29) is 10.6 Å². The highest BCUT2D eigenvalue weighted by molar-refractivity contribution is 5.59. The second-order valence-corrected chi connectivity index (χ2v) is 4.64. The number of rotatable bonds is 7. The van der Waals surface area contributed by atoms with Gasteiger partial charge in [0, 0.05) is 23.9 Å². The van der Waals surface area contributed by atoms with Gasteiger partial charge < -0.3 is 10.2 Å². The molecule has 1 N–H and O–H groups in total. The van der Waals surface area contributed by atoms with Crippen LogP contribution in [0.5, 0.6) is 0 Å². The van der Waals surface area contributed by atoms with Crippen molar-refractivity contribution in [2.75, 3.05) is 32.5 Å². The summed E-state index contributed by atoms with van der Waals surface area (Å²) in [6, 6.07) is 5.13. The standard InChI is InChI=1S/C13H21N3O2/c1-11-12(7-6-8-13(11)16(17)18)14-9-4-5-10-15(2)3/h6-8,14H,4-5,9-10H2,1-3H3. The highest BCUT2D eigenvalue weighted by Crippen LogP contribution is 2.24. The fourth-order valence-electron chi connectivity index (χ4n) is 1.79. The Morgan fingerprint density at radius 2 is 2.06 bits per heavy atom. The largest absolute Gasteiger partial charge is 0.385 e. The summed E-state index contributed by atoms with van der Waals surface area (Å²) in [5, 5.41) is 14.1. The van der Waals surface area contributed by atoms with Crippen molar-refractivity contribution in [1.82, 2.24) is 4.90 Å². The molecular weight excluding hydrogens is 230 g/mol. The van der Waals surface area contributed by atoms with Crippen LogP contribution in [0.1, 0.15) is 18.4 Å². The minimum Gasteiger partial charge on any atom is -0.385 e. The van der Waals surface area contributed by atoms with Crippen LogP contribution in [0, 0.1) is 17.0 Å². The first kappa shape index (κ1) is 14.4. The molecule has 0 bridgehead atoms. The molecule has 5 nitrogen and oxygen atoms in total. The second-order valence-electron chi connectivity index (χ2n) is 4.64. The number of hydrogen-bond donors (Lipinski definition) is 1. The minimum atomic E-state index is -0.341. The number of nitro groups is 1. The van der Waals surface area contributed by atoms with Gasteiger partial charge in [0.05, 0.1) is 4.92 Å². The molecular formula is C13H21N3O2. The number of nitro benzene ring substituents is 1. The Morgan fingerprint density at radius 3 is 2.67 bits per heavy atom. The van der Waals surface area contributed by atoms with Gasteiger partial charge in [-0.25, -0.2) is 0 Å². The van der Waals surface area contributed by atoms with Crippen molar-refractivity contribution in [2.24, 2.45) is 0 Å². The fourth-order valence-corrected chi connectivity index (χ4v) is 1.79. The van der Waals surface area contributed by atoms with E-state index in [9.17, 15) is 10.1 Å². The molecule has 1 rings (SSSR count). The van der Waals surface area contributed by atoms with Crippen molar-refractivity contribution in [3.05, 3.63) is 33.9 Å². The van der Waals surface area contributed by atoms with Gasteiger partial charge in [-0.15, -0.1) is 0 Å². The molecule has 0 aromatic heterocycles. The van der Waals surface area contributed by atoms with Gasteiger partial charge in [0.25, 0.3) is 5.69 Å². The van der Waals surface area contributed by atoms with Crippen LogP contribution >= 0.6 is 0 Å². The quantitative estimate of drug-likeness (QED) is 0.460. The molecule has 0 fully saturated rings. The molecule has 1 aromatic carbocycles. The Bertz CT molecular complexity index is 405. The lowest BCUT2D eigenvalue weighted by atomic mass is 10.1. The summed E-state index contributed by atoms with van der Waals surface area (Å²) in [6.07, 6.45) is 2.17. The van der Waals surface area contributed by atoms with Gasteiger partial charge in [-0.05, 0) is 46.5 Å². The lowest BCUT2D eigenvalue weighted by Gasteiger charge is -2.11. The zero-order chi connectivity index (χ0) is 13.5. The van der Waals surface area contributed by atoms with Gasteiger partial charge in [0.2, 0.25) is 0 Å². The summed E-state index contributed by atoms with van der Waals surface area (Å²) in [5.41, 5.74) is 1.73. The van der Waals surface area contributed by atoms with Gasteiger partial charge in [-0.2, -0.15) is 0 Å². The lowest BCUT2D eigenvalue weighted by Crippen LogP contribution is -2.14. The zero-order valence-electron chi connectivity index (χ0n) is 11.3. The Balaban J connectivity index is 2.48. The Labute approximate surface area is 108 Å². The first-order valence-electron chi connectivity index (χ1n) is 6.15. The molecule has 0 radical (unpaired) electrons. The number of unbranched alkanes of at least 4 members (excludes halogenated alkanes) is 1. The zero-order valence-corrected chi connectivity index (χ0v) is 11.3. The molecule has 18 heavy (non-hydrogen) atoms. The van der Waals surface area contributed by atoms with Crippen LogP contribution in [0.25, 0.3) is 0 Å². The van der Waals surface area contributed by atoms with E-state index < -0.39 is 0 Å². The van der Waals surface area contributed by atoms with Gasteiger partial charge in [0.1, 0.15) is 0 Å². The van der Waals surface area contributed by atoms with Crippen molar-refractivity contribution in [1.29, 1.82) is 0 Å². The van der Waals surface area contributed by atoms with E-state index >= 15 is 0 Å². The van der Waals surface area contributed by atoms with E-state index in [1.54, 1.807) is 13.0 Å². The van der Waals surface area contributed by atoms with Crippen molar-refractivity contribution < 1.29 is 4.92 Å². The van der Waals surface area contributed by atoms with E-state index in [2.05, 4.69) is 24.3 Å². The van der Waals surface area contributed by atoms with Crippen molar-refractivity contribution in [3.8, 4) is 0 Å². The number of nitrogens with zero attached hydrogens (tertiary/aromatic N) is 2. The van der Waals surface area contributed by atoms with Crippen LogP contribution in [-0.2, 0) is 0 Å². The van der Waals surface area contributed by atoms with Crippen molar-refractivity contribution in [3.63, 3.8) is 0 Å². The van der Waals surface area contributed by atoms with Gasteiger partial charge in [-0.1, -0.05) is 6.07 Å². The average molecular weight is 251 g/mol. The SMILES string of the molecule is Cc1c(NCCCCN(C)C)cccc1[N+](=O)[O-]. The van der Waals surface area contributed by atoms with E-state index in [4.69, 9.17) is 0 Å². The normalized spacial score (nSPS) is 10.7. The average Bonchev–Trinajstić information content (AvgIpc) is 2.30. The number of nitrogens with one attached hydrogen (secondary N) is 1. The molecule has 0 saturated carbocycles. The maximum atomic E-state index is 10.8. The monoisotopic (exact) mass is 251 g/mol. The molecule has 0 aliphatic heterocycles. The van der Waals surface area contributed by atoms with E-state index in [0.717, 1.165) is 31.6 Å². The first-order chi connectivity index (χ1) is 8.52. The molecule has 0 unspecified atom stereocenters. The van der Waals surface area contributed by atoms with Crippen LogP contribution in [-0.4, -0.2) is 37.0 Å². The summed E-state index contributed by atoms with van der Waals surface area (Å²) in [5.74, 6) is 0. The summed E-state index contributed by atoms with van der Waals surface area (Å²) in [7, 11) is 4.11. The third kappa shape index (κ3) is 4.33. The molecule has 5 heteroatoms. The van der Waals surface area contributed by atoms with Crippen LogP contribution < -0.4 is 5.32 Å². The summed E-state index contributed by atoms with van der Waals surface area (Å²) in [4.78, 5) is 12.6. The minimum absolute atomic E-state index is 0.174. The third-order valence-corrected chi connectivity index (χ3v) is 2.85. The first-order valence-corrected chi connectivity index (χ1v) is 6.15. The maximum absolute atomic E-state index is 10.8. The highest BCUT2D eigenvalue weighted by atomic mass is 16.6. The Kier molecular flexibility index (Phi) is 5.58. The van der Waals surface area contributed by atoms with E-state index in [0.29, 0.717) is 5.56 Å². The summed E-state index contributed by atoms with van der Waals surface area (Å²) in [6.45, 7) is 3.69. The van der Waals surface area contributed by atoms with E-state index in [1.807, 2.05) is 6.07 Å². The molecule has 0 saturated heterocycles. The lowest BCUT2D eigenvalue weighted by molar-refractivity contribution is -0.385. The molecule has 0 atom stereocenters. The summed E-state index contributed by atoms with van der Waals surface area (Å²) < 4.78 is 0. The maximum Gasteiger partial charge on any atom is 0.274 e. The van der Waals surface area contributed by atoms with Gasteiger partial charge in [0.15, 0.2) is 0 Å². The topological polar surface area (TPSA) is 58.4 Å². The number of benzene rings is 1. The van der Waals surface area contributed by atoms with E-state index in [1.165, 1.54) is 6.07 Å². The highest BCUT2D eigenvalue weighted by Gasteiger charge is 2.12. The van der Waals surface area contributed by atoms with Gasteiger partial charge >= 0.3 is 0 Å². The molecule has 0 amide bonds. The molecule has 0 aliphatic carbocycles. The number of hydrogen-bond acceptors (Lipinski definition) is 4. The van der Waals surface area contributed by atoms with Crippen LogP contribution in [0.4, 0.5) is 11.4 Å². The van der Waals surface area contributed by atoms with Gasteiger partial charge in [-0.3, -0.25) is 10.1 Å². The predicted molar refractivity (Wildman–Crippen MR) is 74.1 cm³/mol. The molecule has 0 aliphatic rings. The summed E-state index contributed by atoms with van der Waals surface area (Å²) >= 11 is 0. The second kappa shape index (κ2) is 6.96. The number of anilines is 1. The Hall–Kier alpha value is -1.62. The molecule has 0 heterocycles. The van der Waals surface area contributed by atoms with Crippen molar-refractivity contribution in [2.45, 2.75) is 19.8 Å². The van der Waals surface area contributed by atoms with Crippen LogP contribution in [0.3, 0.4) is 0 Å². The smallest absolute Gasteiger partial charge is 0.274 e. The molecule has 100 valence electrons. The van der Waals surface area contributed by atoms with Crippen molar-refractivity contribution >= 4 is 11.4 Å².